The van der Waals surface area contributed by atoms with Gasteiger partial charge in [0.25, 0.3) is 0 Å². The number of carbonyl (C=O) groups excluding carboxylic acids is 2. The zero-order chi connectivity index (χ0) is 14.0. The summed E-state index contributed by atoms with van der Waals surface area (Å²) in [7, 11) is 1.35. The molecule has 0 radical (unpaired) electrons. The van der Waals surface area contributed by atoms with E-state index in [0.29, 0.717) is 17.1 Å². The molecule has 0 aliphatic carbocycles. The summed E-state index contributed by atoms with van der Waals surface area (Å²) in [6.45, 7) is 3.75. The Morgan fingerprint density at radius 2 is 2.16 bits per heavy atom. The van der Waals surface area contributed by atoms with Crippen molar-refractivity contribution in [3.05, 3.63) is 23.8 Å². The number of ketones is 1. The van der Waals surface area contributed by atoms with E-state index in [0.717, 1.165) is 0 Å². The monoisotopic (exact) mass is 264 g/mol. The lowest BCUT2D eigenvalue weighted by Crippen LogP contribution is -2.32. The topological polar surface area (TPSA) is 61.8 Å². The lowest BCUT2D eigenvalue weighted by Gasteiger charge is -2.21. The Labute approximate surface area is 111 Å². The zero-order valence-electron chi connectivity index (χ0n) is 11.2. The van der Waals surface area contributed by atoms with Gasteiger partial charge in [-0.15, -0.1) is 0 Å². The molecule has 0 unspecified atom stereocenters. The molecular weight excluding hydrogens is 248 g/mol. The first-order valence-corrected chi connectivity index (χ1v) is 5.95. The van der Waals surface area contributed by atoms with E-state index in [9.17, 15) is 9.59 Å². The highest BCUT2D eigenvalue weighted by Gasteiger charge is 2.30. The maximum atomic E-state index is 11.5. The van der Waals surface area contributed by atoms with Crippen LogP contribution in [0.3, 0.4) is 0 Å². The number of hydrogen-bond acceptors (Lipinski definition) is 5. The molecule has 0 saturated heterocycles. The molecular formula is C14H16O5. The minimum Gasteiger partial charge on any atom is -0.492 e. The summed E-state index contributed by atoms with van der Waals surface area (Å²) in [6.07, 6.45) is 0. The molecule has 0 fully saturated rings. The van der Waals surface area contributed by atoms with Gasteiger partial charge < -0.3 is 14.2 Å². The fourth-order valence-corrected chi connectivity index (χ4v) is 1.76. The Kier molecular flexibility index (Phi) is 3.46. The second kappa shape index (κ2) is 4.91. The average Bonchev–Trinajstić information content (AvgIpc) is 2.77. The molecule has 0 amide bonds. The van der Waals surface area contributed by atoms with E-state index in [-0.39, 0.29) is 25.0 Å². The highest BCUT2D eigenvalue weighted by molar-refractivity contribution is 6.02. The summed E-state index contributed by atoms with van der Waals surface area (Å²) in [5.41, 5.74) is -0.163. The van der Waals surface area contributed by atoms with Crippen LogP contribution in [0.1, 0.15) is 24.2 Å². The van der Waals surface area contributed by atoms with Crippen molar-refractivity contribution in [2.75, 3.05) is 20.3 Å². The Balaban J connectivity index is 2.05. The highest BCUT2D eigenvalue weighted by Crippen LogP contribution is 2.30. The molecule has 0 bridgehead atoms. The van der Waals surface area contributed by atoms with Crippen molar-refractivity contribution in [2.24, 2.45) is 5.41 Å². The summed E-state index contributed by atoms with van der Waals surface area (Å²) < 4.78 is 15.5. The molecule has 1 aliphatic rings. The second-order valence-corrected chi connectivity index (χ2v) is 5.03. The first kappa shape index (κ1) is 13.4. The van der Waals surface area contributed by atoms with Gasteiger partial charge in [0.2, 0.25) is 5.78 Å². The van der Waals surface area contributed by atoms with Crippen molar-refractivity contribution in [1.82, 2.24) is 0 Å². The summed E-state index contributed by atoms with van der Waals surface area (Å²) in [6, 6.07) is 5.03. The van der Waals surface area contributed by atoms with Crippen LogP contribution in [0, 0.1) is 5.41 Å². The SMILES string of the molecule is COC(=O)C(C)(C)COc1ccc2c(c1)OCC2=O. The van der Waals surface area contributed by atoms with Crippen molar-refractivity contribution < 1.29 is 23.8 Å². The first-order chi connectivity index (χ1) is 8.94. The van der Waals surface area contributed by atoms with Gasteiger partial charge in [0.05, 0.1) is 18.1 Å². The van der Waals surface area contributed by atoms with Crippen LogP contribution in [-0.4, -0.2) is 32.1 Å². The third kappa shape index (κ3) is 2.70. The molecule has 1 aliphatic heterocycles. The van der Waals surface area contributed by atoms with E-state index < -0.39 is 5.41 Å². The maximum absolute atomic E-state index is 11.5. The van der Waals surface area contributed by atoms with Gasteiger partial charge in [-0.25, -0.2) is 0 Å². The molecule has 1 heterocycles. The molecule has 0 aromatic heterocycles. The van der Waals surface area contributed by atoms with Crippen LogP contribution in [-0.2, 0) is 9.53 Å². The fraction of sp³-hybridized carbons (Fsp3) is 0.429. The number of methoxy groups -OCH3 is 1. The van der Waals surface area contributed by atoms with Gasteiger partial charge in [-0.3, -0.25) is 9.59 Å². The smallest absolute Gasteiger partial charge is 0.314 e. The predicted molar refractivity (Wildman–Crippen MR) is 67.6 cm³/mol. The van der Waals surface area contributed by atoms with E-state index in [1.165, 1.54) is 7.11 Å². The Bertz CT molecular complexity index is 519. The predicted octanol–water partition coefficient (Wildman–Crippen LogP) is 1.84. The van der Waals surface area contributed by atoms with Crippen LogP contribution >= 0.6 is 0 Å². The minimum absolute atomic E-state index is 0.0311. The molecule has 1 aromatic rings. The van der Waals surface area contributed by atoms with E-state index in [1.807, 2.05) is 0 Å². The Morgan fingerprint density at radius 1 is 1.42 bits per heavy atom. The van der Waals surface area contributed by atoms with Crippen molar-refractivity contribution in [1.29, 1.82) is 0 Å². The quantitative estimate of drug-likeness (QED) is 0.776. The minimum atomic E-state index is -0.732. The van der Waals surface area contributed by atoms with Crippen LogP contribution in [0.5, 0.6) is 11.5 Å². The number of fused-ring (bicyclic) bond motifs is 1. The summed E-state index contributed by atoms with van der Waals surface area (Å²) in [5.74, 6) is 0.723. The fourth-order valence-electron chi connectivity index (χ4n) is 1.76. The molecule has 102 valence electrons. The van der Waals surface area contributed by atoms with Crippen LogP contribution < -0.4 is 9.47 Å². The maximum Gasteiger partial charge on any atom is 0.314 e. The molecule has 0 saturated carbocycles. The second-order valence-electron chi connectivity index (χ2n) is 5.03. The van der Waals surface area contributed by atoms with Crippen molar-refractivity contribution >= 4 is 11.8 Å². The zero-order valence-corrected chi connectivity index (χ0v) is 11.2. The third-order valence-electron chi connectivity index (χ3n) is 2.95. The lowest BCUT2D eigenvalue weighted by molar-refractivity contribution is -0.152. The molecule has 5 heteroatoms. The van der Waals surface area contributed by atoms with E-state index >= 15 is 0 Å². The van der Waals surface area contributed by atoms with Gasteiger partial charge in [0, 0.05) is 6.07 Å². The number of esters is 1. The van der Waals surface area contributed by atoms with Crippen molar-refractivity contribution in [2.45, 2.75) is 13.8 Å². The standard InChI is InChI=1S/C14H16O5/c1-14(2,13(16)17-3)8-19-9-4-5-10-11(15)7-18-12(10)6-9/h4-6H,7-8H2,1-3H3. The number of hydrogen-bond donors (Lipinski definition) is 0. The molecule has 0 spiro atoms. The Morgan fingerprint density at radius 3 is 2.84 bits per heavy atom. The van der Waals surface area contributed by atoms with E-state index in [1.54, 1.807) is 32.0 Å². The molecule has 19 heavy (non-hydrogen) atoms. The molecule has 1 aromatic carbocycles. The van der Waals surface area contributed by atoms with Crippen molar-refractivity contribution in [3.8, 4) is 11.5 Å². The van der Waals surface area contributed by atoms with Crippen LogP contribution in [0.25, 0.3) is 0 Å². The van der Waals surface area contributed by atoms with Gasteiger partial charge in [-0.1, -0.05) is 0 Å². The molecule has 0 atom stereocenters. The average molecular weight is 264 g/mol. The normalized spacial score (nSPS) is 13.7. The summed E-state index contributed by atoms with van der Waals surface area (Å²) in [5, 5.41) is 0. The van der Waals surface area contributed by atoms with Crippen molar-refractivity contribution in [3.63, 3.8) is 0 Å². The number of benzene rings is 1. The molecule has 5 nitrogen and oxygen atoms in total. The number of carbonyl (C=O) groups is 2. The Hall–Kier alpha value is -2.04. The summed E-state index contributed by atoms with van der Waals surface area (Å²) >= 11 is 0. The summed E-state index contributed by atoms with van der Waals surface area (Å²) in [4.78, 5) is 22.9. The van der Waals surface area contributed by atoms with Gasteiger partial charge in [0.1, 0.15) is 18.1 Å². The largest absolute Gasteiger partial charge is 0.492 e. The van der Waals surface area contributed by atoms with Gasteiger partial charge in [0.15, 0.2) is 6.61 Å². The van der Waals surface area contributed by atoms with Gasteiger partial charge in [-0.2, -0.15) is 0 Å². The molecule has 2 rings (SSSR count). The van der Waals surface area contributed by atoms with E-state index in [4.69, 9.17) is 14.2 Å². The lowest BCUT2D eigenvalue weighted by atomic mass is 9.95. The van der Waals surface area contributed by atoms with Crippen LogP contribution in [0.2, 0.25) is 0 Å². The number of Topliss-reactive ketones (excluding diaryl/α,β-unsaturated/α-hetero) is 1. The highest BCUT2D eigenvalue weighted by atomic mass is 16.5. The first-order valence-electron chi connectivity index (χ1n) is 5.95. The van der Waals surface area contributed by atoms with Crippen LogP contribution in [0.4, 0.5) is 0 Å². The third-order valence-corrected chi connectivity index (χ3v) is 2.95. The number of rotatable bonds is 4. The van der Waals surface area contributed by atoms with Gasteiger partial charge in [-0.05, 0) is 26.0 Å². The van der Waals surface area contributed by atoms with Gasteiger partial charge >= 0.3 is 5.97 Å². The number of ether oxygens (including phenoxy) is 3. The van der Waals surface area contributed by atoms with E-state index in [2.05, 4.69) is 0 Å². The molecule has 0 N–H and O–H groups in total. The van der Waals surface area contributed by atoms with Crippen LogP contribution in [0.15, 0.2) is 18.2 Å².